The number of aliphatic hydroxyl groups is 2. The molecule has 0 saturated carbocycles. The molecule has 116 valence electrons. The maximum Gasteiger partial charge on any atom is 0.337 e. The van der Waals surface area contributed by atoms with Crippen molar-refractivity contribution < 1.29 is 29.3 Å². The van der Waals surface area contributed by atoms with Crippen molar-refractivity contribution in [3.05, 3.63) is 29.3 Å². The Balaban J connectivity index is 2.91. The predicted octanol–water partition coefficient (Wildman–Crippen LogP) is 0.403. The molecule has 7 heteroatoms. The topological polar surface area (TPSA) is 119 Å². The Hall–Kier alpha value is -2.12. The number of esters is 2. The first-order chi connectivity index (χ1) is 9.88. The van der Waals surface area contributed by atoms with Crippen LogP contribution in [0.3, 0.4) is 0 Å². The zero-order valence-corrected chi connectivity index (χ0v) is 11.9. The monoisotopic (exact) mass is 297 g/mol. The summed E-state index contributed by atoms with van der Waals surface area (Å²) in [7, 11) is 1.22. The molecule has 1 rings (SSSR count). The summed E-state index contributed by atoms with van der Waals surface area (Å²) in [6.07, 6.45) is -3.10. The van der Waals surface area contributed by atoms with E-state index in [4.69, 9.17) is 10.5 Å². The molecule has 0 radical (unpaired) electrons. The van der Waals surface area contributed by atoms with E-state index in [9.17, 15) is 19.8 Å². The first-order valence-corrected chi connectivity index (χ1v) is 6.39. The molecule has 0 bridgehead atoms. The SMILES string of the molecule is CCOC(=O)CC(O)C(O)c1cc(N)cc(C(=O)OC)c1. The molecule has 1 aromatic carbocycles. The van der Waals surface area contributed by atoms with Crippen LogP contribution in [-0.2, 0) is 14.3 Å². The lowest BCUT2D eigenvalue weighted by Gasteiger charge is -2.18. The van der Waals surface area contributed by atoms with Gasteiger partial charge in [-0.15, -0.1) is 0 Å². The molecule has 0 aliphatic heterocycles. The van der Waals surface area contributed by atoms with Gasteiger partial charge in [-0.3, -0.25) is 4.79 Å². The summed E-state index contributed by atoms with van der Waals surface area (Å²) in [6, 6.07) is 4.15. The van der Waals surface area contributed by atoms with Gasteiger partial charge >= 0.3 is 11.9 Å². The third-order valence-corrected chi connectivity index (χ3v) is 2.79. The first kappa shape index (κ1) is 16.9. The highest BCUT2D eigenvalue weighted by Crippen LogP contribution is 2.23. The largest absolute Gasteiger partial charge is 0.466 e. The van der Waals surface area contributed by atoms with Crippen LogP contribution >= 0.6 is 0 Å². The number of ether oxygens (including phenoxy) is 2. The number of carbonyl (C=O) groups is 2. The summed E-state index contributed by atoms with van der Waals surface area (Å²) in [5, 5.41) is 19.9. The van der Waals surface area contributed by atoms with Gasteiger partial charge in [0.1, 0.15) is 6.10 Å². The normalized spacial score (nSPS) is 13.3. The van der Waals surface area contributed by atoms with Crippen molar-refractivity contribution in [2.45, 2.75) is 25.6 Å². The third-order valence-electron chi connectivity index (χ3n) is 2.79. The lowest BCUT2D eigenvalue weighted by molar-refractivity contribution is -0.147. The Kier molecular flexibility index (Phi) is 6.13. The minimum Gasteiger partial charge on any atom is -0.466 e. The summed E-state index contributed by atoms with van der Waals surface area (Å²) >= 11 is 0. The van der Waals surface area contributed by atoms with Gasteiger partial charge < -0.3 is 25.4 Å². The van der Waals surface area contributed by atoms with Gasteiger partial charge in [0.25, 0.3) is 0 Å². The average molecular weight is 297 g/mol. The highest BCUT2D eigenvalue weighted by molar-refractivity contribution is 5.90. The van der Waals surface area contributed by atoms with Crippen molar-refractivity contribution in [3.8, 4) is 0 Å². The van der Waals surface area contributed by atoms with E-state index in [-0.39, 0.29) is 29.8 Å². The summed E-state index contributed by atoms with van der Waals surface area (Å²) in [5.74, 6) is -1.24. The molecule has 2 unspecified atom stereocenters. The minimum atomic E-state index is -1.37. The van der Waals surface area contributed by atoms with Gasteiger partial charge in [-0.1, -0.05) is 0 Å². The fourth-order valence-electron chi connectivity index (χ4n) is 1.81. The Bertz CT molecular complexity index is 516. The zero-order chi connectivity index (χ0) is 16.0. The van der Waals surface area contributed by atoms with Crippen LogP contribution in [0, 0.1) is 0 Å². The minimum absolute atomic E-state index is 0.148. The van der Waals surface area contributed by atoms with Crippen LogP contribution in [0.25, 0.3) is 0 Å². The van der Waals surface area contributed by atoms with E-state index in [1.54, 1.807) is 6.92 Å². The van der Waals surface area contributed by atoms with E-state index in [1.807, 2.05) is 0 Å². The van der Waals surface area contributed by atoms with E-state index in [0.29, 0.717) is 0 Å². The second kappa shape index (κ2) is 7.61. The third kappa shape index (κ3) is 4.73. The van der Waals surface area contributed by atoms with Crippen LogP contribution in [-0.4, -0.2) is 42.0 Å². The fourth-order valence-corrected chi connectivity index (χ4v) is 1.81. The van der Waals surface area contributed by atoms with Crippen LogP contribution in [0.4, 0.5) is 5.69 Å². The molecule has 21 heavy (non-hydrogen) atoms. The molecule has 2 atom stereocenters. The highest BCUT2D eigenvalue weighted by Gasteiger charge is 2.23. The van der Waals surface area contributed by atoms with E-state index < -0.39 is 24.1 Å². The molecular weight excluding hydrogens is 278 g/mol. The summed E-state index contributed by atoms with van der Waals surface area (Å²) in [6.45, 7) is 1.83. The predicted molar refractivity (Wildman–Crippen MR) is 74.4 cm³/mol. The molecule has 0 amide bonds. The zero-order valence-electron chi connectivity index (χ0n) is 11.9. The van der Waals surface area contributed by atoms with Crippen molar-refractivity contribution >= 4 is 17.6 Å². The number of anilines is 1. The second-order valence-corrected chi connectivity index (χ2v) is 4.40. The molecule has 1 aromatic rings. The molecule has 0 heterocycles. The fraction of sp³-hybridized carbons (Fsp3) is 0.429. The quantitative estimate of drug-likeness (QED) is 0.513. The smallest absolute Gasteiger partial charge is 0.337 e. The average Bonchev–Trinajstić information content (AvgIpc) is 2.44. The second-order valence-electron chi connectivity index (χ2n) is 4.40. The van der Waals surface area contributed by atoms with Gasteiger partial charge in [0, 0.05) is 5.69 Å². The molecule has 0 aliphatic carbocycles. The summed E-state index contributed by atoms with van der Waals surface area (Å²) in [4.78, 5) is 22.8. The molecule has 0 aromatic heterocycles. The van der Waals surface area contributed by atoms with Gasteiger partial charge in [-0.2, -0.15) is 0 Å². The number of carbonyl (C=O) groups excluding carboxylic acids is 2. The lowest BCUT2D eigenvalue weighted by Crippen LogP contribution is -2.23. The van der Waals surface area contributed by atoms with Crippen molar-refractivity contribution in [1.82, 2.24) is 0 Å². The Morgan fingerprint density at radius 2 is 1.95 bits per heavy atom. The number of methoxy groups -OCH3 is 1. The summed E-state index contributed by atoms with van der Waals surface area (Å²) < 4.78 is 9.26. The van der Waals surface area contributed by atoms with E-state index in [1.165, 1.54) is 25.3 Å². The van der Waals surface area contributed by atoms with Gasteiger partial charge in [0.05, 0.1) is 31.8 Å². The number of hydrogen-bond acceptors (Lipinski definition) is 7. The van der Waals surface area contributed by atoms with Crippen molar-refractivity contribution in [2.75, 3.05) is 19.5 Å². The molecular formula is C14H19NO6. The Labute approximate surface area is 122 Å². The van der Waals surface area contributed by atoms with Crippen molar-refractivity contribution in [2.24, 2.45) is 0 Å². The van der Waals surface area contributed by atoms with Crippen molar-refractivity contribution in [3.63, 3.8) is 0 Å². The lowest BCUT2D eigenvalue weighted by atomic mass is 9.99. The van der Waals surface area contributed by atoms with Crippen LogP contribution < -0.4 is 5.73 Å². The number of benzene rings is 1. The molecule has 4 N–H and O–H groups in total. The molecule has 0 fully saturated rings. The highest BCUT2D eigenvalue weighted by atomic mass is 16.5. The first-order valence-electron chi connectivity index (χ1n) is 6.39. The Morgan fingerprint density at radius 3 is 2.52 bits per heavy atom. The summed E-state index contributed by atoms with van der Waals surface area (Å²) in [5.41, 5.74) is 6.24. The number of aliphatic hydroxyl groups excluding tert-OH is 2. The van der Waals surface area contributed by atoms with Crippen molar-refractivity contribution in [1.29, 1.82) is 0 Å². The number of rotatable bonds is 6. The van der Waals surface area contributed by atoms with E-state index >= 15 is 0 Å². The van der Waals surface area contributed by atoms with Crippen LogP contribution in [0.1, 0.15) is 35.4 Å². The number of nitrogen functional groups attached to an aromatic ring is 1. The molecule has 0 spiro atoms. The van der Waals surface area contributed by atoms with Crippen LogP contribution in [0.5, 0.6) is 0 Å². The standard InChI is InChI=1S/C14H19NO6/c1-3-21-12(17)7-11(16)13(18)8-4-9(14(19)20-2)6-10(15)5-8/h4-6,11,13,16,18H,3,7,15H2,1-2H3. The van der Waals surface area contributed by atoms with Gasteiger partial charge in [-0.05, 0) is 30.7 Å². The number of hydrogen-bond donors (Lipinski definition) is 3. The molecule has 7 nitrogen and oxygen atoms in total. The van der Waals surface area contributed by atoms with E-state index in [2.05, 4.69) is 4.74 Å². The molecule has 0 saturated heterocycles. The maximum atomic E-state index is 11.5. The van der Waals surface area contributed by atoms with Crippen LogP contribution in [0.15, 0.2) is 18.2 Å². The maximum absolute atomic E-state index is 11.5. The Morgan fingerprint density at radius 1 is 1.29 bits per heavy atom. The molecule has 0 aliphatic rings. The van der Waals surface area contributed by atoms with Gasteiger partial charge in [0.15, 0.2) is 0 Å². The van der Waals surface area contributed by atoms with Gasteiger partial charge in [-0.25, -0.2) is 4.79 Å². The van der Waals surface area contributed by atoms with Gasteiger partial charge in [0.2, 0.25) is 0 Å². The van der Waals surface area contributed by atoms with Crippen LogP contribution in [0.2, 0.25) is 0 Å². The number of nitrogens with two attached hydrogens (primary N) is 1. The van der Waals surface area contributed by atoms with E-state index in [0.717, 1.165) is 0 Å².